The van der Waals surface area contributed by atoms with Crippen molar-refractivity contribution in [3.63, 3.8) is 0 Å². The molecular weight excluding hydrogens is 372 g/mol. The van der Waals surface area contributed by atoms with Gasteiger partial charge in [-0.25, -0.2) is 0 Å². The average molecular weight is 390 g/mol. The van der Waals surface area contributed by atoms with Crippen LogP contribution in [0.1, 0.15) is 21.6 Å². The lowest BCUT2D eigenvalue weighted by Gasteiger charge is -2.27. The number of benzene rings is 1. The molecule has 0 spiro atoms. The number of para-hydroxylation sites is 1. The molecule has 0 bridgehead atoms. The SMILES string of the molecule is Cn1nc(-c2nncn2-c2ccccc2)c2c1CCN(C(=O)c1ccsc1)C2. The monoisotopic (exact) mass is 390 g/mol. The molecular formula is C20H18N6OS. The van der Waals surface area contributed by atoms with E-state index in [2.05, 4.69) is 10.2 Å². The molecule has 0 atom stereocenters. The highest BCUT2D eigenvalue weighted by Gasteiger charge is 2.29. The summed E-state index contributed by atoms with van der Waals surface area (Å²) in [7, 11) is 1.95. The number of hydrogen-bond acceptors (Lipinski definition) is 5. The second kappa shape index (κ2) is 6.72. The van der Waals surface area contributed by atoms with Crippen LogP contribution in [0.4, 0.5) is 0 Å². The van der Waals surface area contributed by atoms with Gasteiger partial charge in [-0.3, -0.25) is 14.0 Å². The number of rotatable bonds is 3. The van der Waals surface area contributed by atoms with Crippen LogP contribution in [0.5, 0.6) is 0 Å². The quantitative estimate of drug-likeness (QED) is 0.539. The molecule has 3 aromatic heterocycles. The minimum Gasteiger partial charge on any atom is -0.334 e. The Hall–Kier alpha value is -3.26. The third-order valence-corrected chi connectivity index (χ3v) is 5.77. The number of nitrogens with zero attached hydrogens (tertiary/aromatic N) is 6. The van der Waals surface area contributed by atoms with E-state index >= 15 is 0 Å². The van der Waals surface area contributed by atoms with E-state index in [0.29, 0.717) is 18.9 Å². The van der Waals surface area contributed by atoms with Gasteiger partial charge in [0.1, 0.15) is 12.0 Å². The van der Waals surface area contributed by atoms with Crippen molar-refractivity contribution in [1.29, 1.82) is 0 Å². The van der Waals surface area contributed by atoms with Crippen LogP contribution in [0.2, 0.25) is 0 Å². The van der Waals surface area contributed by atoms with Gasteiger partial charge < -0.3 is 4.90 Å². The van der Waals surface area contributed by atoms with Crippen LogP contribution in [-0.2, 0) is 20.0 Å². The molecule has 1 aliphatic rings. The molecule has 0 saturated heterocycles. The summed E-state index contributed by atoms with van der Waals surface area (Å²) in [5.74, 6) is 0.749. The highest BCUT2D eigenvalue weighted by molar-refractivity contribution is 7.08. The van der Waals surface area contributed by atoms with Crippen LogP contribution in [0.25, 0.3) is 17.2 Å². The molecule has 0 saturated carbocycles. The Morgan fingerprint density at radius 2 is 2.04 bits per heavy atom. The standard InChI is InChI=1S/C20H18N6OS/c1-24-17-7-9-25(20(27)14-8-10-28-12-14)11-16(17)18(23-24)19-22-21-13-26(19)15-5-3-2-4-6-15/h2-6,8,10,12-13H,7,9,11H2,1H3. The Kier molecular flexibility index (Phi) is 4.05. The Bertz CT molecular complexity index is 1130. The Morgan fingerprint density at radius 1 is 1.18 bits per heavy atom. The summed E-state index contributed by atoms with van der Waals surface area (Å²) in [6, 6.07) is 11.8. The lowest BCUT2D eigenvalue weighted by molar-refractivity contribution is 0.0734. The van der Waals surface area contributed by atoms with E-state index in [-0.39, 0.29) is 5.91 Å². The van der Waals surface area contributed by atoms with E-state index in [0.717, 1.165) is 34.6 Å². The zero-order valence-electron chi connectivity index (χ0n) is 15.3. The van der Waals surface area contributed by atoms with Crippen LogP contribution in [0.15, 0.2) is 53.5 Å². The van der Waals surface area contributed by atoms with Gasteiger partial charge in [0.2, 0.25) is 0 Å². The summed E-state index contributed by atoms with van der Waals surface area (Å²) in [6.45, 7) is 1.21. The van der Waals surface area contributed by atoms with E-state index < -0.39 is 0 Å². The topological polar surface area (TPSA) is 68.8 Å². The van der Waals surface area contributed by atoms with E-state index in [9.17, 15) is 4.79 Å². The van der Waals surface area contributed by atoms with Gasteiger partial charge >= 0.3 is 0 Å². The Labute approximate surface area is 165 Å². The van der Waals surface area contributed by atoms with E-state index in [4.69, 9.17) is 5.10 Å². The number of carbonyl (C=O) groups excluding carboxylic acids is 1. The highest BCUT2D eigenvalue weighted by atomic mass is 32.1. The van der Waals surface area contributed by atoms with E-state index in [1.165, 1.54) is 11.3 Å². The maximum atomic E-state index is 12.8. The maximum Gasteiger partial charge on any atom is 0.255 e. The van der Waals surface area contributed by atoms with E-state index in [1.807, 2.05) is 68.4 Å². The van der Waals surface area contributed by atoms with Gasteiger partial charge in [0.15, 0.2) is 5.82 Å². The van der Waals surface area contributed by atoms with Gasteiger partial charge in [-0.1, -0.05) is 18.2 Å². The summed E-state index contributed by atoms with van der Waals surface area (Å²) in [5.41, 5.74) is 4.69. The van der Waals surface area contributed by atoms with E-state index in [1.54, 1.807) is 6.33 Å². The van der Waals surface area contributed by atoms with Crippen LogP contribution < -0.4 is 0 Å². The fourth-order valence-electron chi connectivity index (χ4n) is 3.69. The molecule has 4 aromatic rings. The second-order valence-corrected chi connectivity index (χ2v) is 7.53. The third-order valence-electron chi connectivity index (χ3n) is 5.09. The van der Waals surface area contributed by atoms with Crippen molar-refractivity contribution >= 4 is 17.2 Å². The summed E-state index contributed by atoms with van der Waals surface area (Å²) in [4.78, 5) is 14.7. The van der Waals surface area contributed by atoms with Crippen molar-refractivity contribution in [1.82, 2.24) is 29.4 Å². The number of aromatic nitrogens is 5. The second-order valence-electron chi connectivity index (χ2n) is 6.75. The molecule has 28 heavy (non-hydrogen) atoms. The minimum atomic E-state index is 0.0613. The van der Waals surface area contributed by atoms with Gasteiger partial charge in [-0.2, -0.15) is 16.4 Å². The van der Waals surface area contributed by atoms with Crippen molar-refractivity contribution in [3.05, 3.63) is 70.3 Å². The summed E-state index contributed by atoms with van der Waals surface area (Å²) in [5, 5.41) is 17.0. The molecule has 0 aliphatic carbocycles. The number of aryl methyl sites for hydroxylation is 1. The van der Waals surface area contributed by atoms with Crippen LogP contribution in [0.3, 0.4) is 0 Å². The smallest absolute Gasteiger partial charge is 0.255 e. The molecule has 0 fully saturated rings. The molecule has 5 rings (SSSR count). The molecule has 0 N–H and O–H groups in total. The molecule has 1 aromatic carbocycles. The molecule has 1 aliphatic heterocycles. The van der Waals surface area contributed by atoms with Gasteiger partial charge in [0.25, 0.3) is 5.91 Å². The maximum absolute atomic E-state index is 12.8. The number of carbonyl (C=O) groups is 1. The van der Waals surface area contributed by atoms with Gasteiger partial charge in [0.05, 0.1) is 12.1 Å². The minimum absolute atomic E-state index is 0.0613. The lowest BCUT2D eigenvalue weighted by Crippen LogP contribution is -2.36. The number of fused-ring (bicyclic) bond motifs is 1. The molecule has 1 amide bonds. The first-order chi connectivity index (χ1) is 13.7. The first-order valence-electron chi connectivity index (χ1n) is 9.04. The predicted molar refractivity (Wildman–Crippen MR) is 106 cm³/mol. The van der Waals surface area contributed by atoms with Crippen LogP contribution >= 0.6 is 11.3 Å². The largest absolute Gasteiger partial charge is 0.334 e. The number of thiophene rings is 1. The molecule has 4 heterocycles. The van der Waals surface area contributed by atoms with Gasteiger partial charge in [-0.05, 0) is 23.6 Å². The Morgan fingerprint density at radius 3 is 2.82 bits per heavy atom. The van der Waals surface area contributed by atoms with Crippen molar-refractivity contribution in [2.24, 2.45) is 7.05 Å². The van der Waals surface area contributed by atoms with Crippen LogP contribution in [0, 0.1) is 0 Å². The predicted octanol–water partition coefficient (Wildman–Crippen LogP) is 2.93. The van der Waals surface area contributed by atoms with Crippen molar-refractivity contribution in [2.75, 3.05) is 6.54 Å². The molecule has 7 nitrogen and oxygen atoms in total. The normalized spacial score (nSPS) is 13.5. The molecule has 0 radical (unpaired) electrons. The highest BCUT2D eigenvalue weighted by Crippen LogP contribution is 2.30. The number of amides is 1. The fourth-order valence-corrected chi connectivity index (χ4v) is 4.32. The summed E-state index contributed by atoms with van der Waals surface area (Å²) < 4.78 is 3.84. The average Bonchev–Trinajstić information content (AvgIpc) is 3.48. The lowest BCUT2D eigenvalue weighted by atomic mass is 10.0. The molecule has 8 heteroatoms. The Balaban J connectivity index is 1.55. The van der Waals surface area contributed by atoms with Crippen molar-refractivity contribution < 1.29 is 4.79 Å². The van der Waals surface area contributed by atoms with Crippen LogP contribution in [-0.4, -0.2) is 41.9 Å². The molecule has 140 valence electrons. The van der Waals surface area contributed by atoms with Crippen molar-refractivity contribution in [2.45, 2.75) is 13.0 Å². The zero-order valence-corrected chi connectivity index (χ0v) is 16.1. The number of hydrogen-bond donors (Lipinski definition) is 0. The molecule has 0 unspecified atom stereocenters. The van der Waals surface area contributed by atoms with Gasteiger partial charge in [-0.15, -0.1) is 10.2 Å². The van der Waals surface area contributed by atoms with Crippen molar-refractivity contribution in [3.8, 4) is 17.2 Å². The first-order valence-corrected chi connectivity index (χ1v) is 9.98. The summed E-state index contributed by atoms with van der Waals surface area (Å²) >= 11 is 1.54. The fraction of sp³-hybridized carbons (Fsp3) is 0.200. The van der Waals surface area contributed by atoms with Gasteiger partial charge in [0, 0.05) is 42.3 Å². The summed E-state index contributed by atoms with van der Waals surface area (Å²) in [6.07, 6.45) is 2.47. The zero-order chi connectivity index (χ0) is 19.1. The third kappa shape index (κ3) is 2.73. The first kappa shape index (κ1) is 16.9.